The smallest absolute Gasteiger partial charge is 0.242 e. The molecule has 0 spiro atoms. The second kappa shape index (κ2) is 8.58. The number of aliphatic hydroxyl groups excluding tert-OH is 1. The average Bonchev–Trinajstić information content (AvgIpc) is 2.79. The van der Waals surface area contributed by atoms with E-state index in [1.807, 2.05) is 49.1 Å². The summed E-state index contributed by atoms with van der Waals surface area (Å²) in [5.74, 6) is 0.584. The molecule has 162 valence electrons. The molecule has 0 bridgehead atoms. The van der Waals surface area contributed by atoms with Gasteiger partial charge in [0.1, 0.15) is 17.5 Å². The predicted octanol–water partition coefficient (Wildman–Crippen LogP) is 2.50. The van der Waals surface area contributed by atoms with Crippen molar-refractivity contribution >= 4 is 11.6 Å². The van der Waals surface area contributed by atoms with Crippen LogP contribution in [0.2, 0.25) is 0 Å². The van der Waals surface area contributed by atoms with Gasteiger partial charge in [0.15, 0.2) is 0 Å². The maximum Gasteiger partial charge on any atom is 0.242 e. The van der Waals surface area contributed by atoms with Crippen LogP contribution >= 0.6 is 0 Å². The number of carbonyl (C=O) groups is 1. The summed E-state index contributed by atoms with van der Waals surface area (Å²) in [6, 6.07) is 16.4. The van der Waals surface area contributed by atoms with E-state index >= 15 is 0 Å². The van der Waals surface area contributed by atoms with Crippen LogP contribution in [-0.4, -0.2) is 60.5 Å². The summed E-state index contributed by atoms with van der Waals surface area (Å²) < 4.78 is 11.4. The Bertz CT molecular complexity index is 980. The lowest BCUT2D eigenvalue weighted by Crippen LogP contribution is -2.55. The van der Waals surface area contributed by atoms with Crippen LogP contribution in [0.15, 0.2) is 48.5 Å². The highest BCUT2D eigenvalue weighted by Gasteiger charge is 2.46. The molecule has 7 nitrogen and oxygen atoms in total. The number of aliphatic hydroxyl groups is 1. The molecule has 0 aliphatic carbocycles. The second-order valence-corrected chi connectivity index (χ2v) is 8.42. The summed E-state index contributed by atoms with van der Waals surface area (Å²) in [6.07, 6.45) is -0.924. The van der Waals surface area contributed by atoms with Crippen LogP contribution in [0.3, 0.4) is 0 Å². The Balaban J connectivity index is 1.78. The van der Waals surface area contributed by atoms with Crippen LogP contribution < -0.4 is 9.64 Å². The zero-order chi connectivity index (χ0) is 22.0. The van der Waals surface area contributed by atoms with Crippen molar-refractivity contribution in [3.05, 3.63) is 59.7 Å². The fraction of sp³-hybridized carbons (Fsp3) is 0.417. The molecule has 2 aromatic rings. The Morgan fingerprint density at radius 2 is 1.94 bits per heavy atom. The molecule has 0 aromatic heterocycles. The van der Waals surface area contributed by atoms with E-state index in [-0.39, 0.29) is 12.5 Å². The van der Waals surface area contributed by atoms with Gasteiger partial charge in [-0.1, -0.05) is 18.2 Å². The van der Waals surface area contributed by atoms with E-state index in [1.54, 1.807) is 23.1 Å². The minimum absolute atomic E-state index is 0.0263. The molecule has 1 fully saturated rings. The zero-order valence-electron chi connectivity index (χ0n) is 17.8. The molecule has 1 amide bonds. The Labute approximate surface area is 182 Å². The Kier molecular flexibility index (Phi) is 5.86. The molecule has 2 aliphatic rings. The van der Waals surface area contributed by atoms with Crippen molar-refractivity contribution in [3.8, 4) is 11.8 Å². The van der Waals surface area contributed by atoms with Gasteiger partial charge in [-0.2, -0.15) is 5.26 Å². The lowest BCUT2D eigenvalue weighted by Gasteiger charge is -2.47. The zero-order valence-corrected chi connectivity index (χ0v) is 17.8. The van der Waals surface area contributed by atoms with Crippen molar-refractivity contribution in [2.45, 2.75) is 31.6 Å². The molecule has 2 aromatic carbocycles. The summed E-state index contributed by atoms with van der Waals surface area (Å²) in [5.41, 5.74) is 1.12. The van der Waals surface area contributed by atoms with Crippen LogP contribution in [0.4, 0.5) is 5.69 Å². The normalized spacial score (nSPS) is 22.1. The van der Waals surface area contributed by atoms with Gasteiger partial charge in [-0.15, -0.1) is 0 Å². The number of hydrogen-bond acceptors (Lipinski definition) is 6. The summed E-state index contributed by atoms with van der Waals surface area (Å²) >= 11 is 0. The number of nitriles is 1. The topological polar surface area (TPSA) is 86.0 Å². The lowest BCUT2D eigenvalue weighted by atomic mass is 9.84. The number of nitrogens with zero attached hydrogens (tertiary/aromatic N) is 3. The highest BCUT2D eigenvalue weighted by Crippen LogP contribution is 2.44. The van der Waals surface area contributed by atoms with E-state index < -0.39 is 17.7 Å². The maximum atomic E-state index is 13.2. The average molecular weight is 421 g/mol. The van der Waals surface area contributed by atoms with Crippen LogP contribution in [0.5, 0.6) is 5.75 Å². The van der Waals surface area contributed by atoms with Crippen molar-refractivity contribution in [3.63, 3.8) is 0 Å². The number of benzene rings is 2. The number of anilines is 1. The number of para-hydroxylation sites is 1. The largest absolute Gasteiger partial charge is 0.485 e. The van der Waals surface area contributed by atoms with Crippen molar-refractivity contribution in [1.29, 1.82) is 5.26 Å². The van der Waals surface area contributed by atoms with E-state index in [1.165, 1.54) is 0 Å². The quantitative estimate of drug-likeness (QED) is 0.816. The van der Waals surface area contributed by atoms with Crippen molar-refractivity contribution in [2.75, 3.05) is 37.7 Å². The number of carbonyl (C=O) groups excluding carboxylic acids is 1. The van der Waals surface area contributed by atoms with Gasteiger partial charge in [0, 0.05) is 24.3 Å². The van der Waals surface area contributed by atoms with Gasteiger partial charge in [0.2, 0.25) is 5.91 Å². The third-order valence-corrected chi connectivity index (χ3v) is 5.93. The van der Waals surface area contributed by atoms with Crippen molar-refractivity contribution < 1.29 is 19.4 Å². The molecular weight excluding hydrogens is 394 g/mol. The number of amides is 1. The number of morpholine rings is 1. The van der Waals surface area contributed by atoms with E-state index in [0.29, 0.717) is 43.2 Å². The van der Waals surface area contributed by atoms with E-state index in [9.17, 15) is 15.2 Å². The van der Waals surface area contributed by atoms with Gasteiger partial charge in [-0.05, 0) is 44.2 Å². The van der Waals surface area contributed by atoms with Gasteiger partial charge in [-0.3, -0.25) is 4.79 Å². The molecule has 1 saturated heterocycles. The molecule has 1 N–H and O–H groups in total. The first-order valence-corrected chi connectivity index (χ1v) is 10.5. The SMILES string of the molecule is CC1(C)Oc2ccc(C#N)cc2[C@H](N(CC(=O)N2CCOCC2)c2ccccc2)[C@H]1O. The fourth-order valence-corrected chi connectivity index (χ4v) is 4.20. The van der Waals surface area contributed by atoms with E-state index in [4.69, 9.17) is 9.47 Å². The molecule has 2 aliphatic heterocycles. The summed E-state index contributed by atoms with van der Waals surface area (Å²) in [5, 5.41) is 20.8. The minimum atomic E-state index is -0.924. The molecule has 0 saturated carbocycles. The summed E-state index contributed by atoms with van der Waals surface area (Å²) in [4.78, 5) is 16.9. The molecule has 7 heteroatoms. The van der Waals surface area contributed by atoms with Gasteiger partial charge in [-0.25, -0.2) is 0 Å². The third kappa shape index (κ3) is 4.22. The van der Waals surface area contributed by atoms with Gasteiger partial charge < -0.3 is 24.4 Å². The minimum Gasteiger partial charge on any atom is -0.485 e. The van der Waals surface area contributed by atoms with Gasteiger partial charge >= 0.3 is 0 Å². The summed E-state index contributed by atoms with van der Waals surface area (Å²) in [7, 11) is 0. The highest BCUT2D eigenvalue weighted by molar-refractivity contribution is 5.82. The number of fused-ring (bicyclic) bond motifs is 1. The first-order chi connectivity index (χ1) is 14.9. The molecule has 2 atom stereocenters. The monoisotopic (exact) mass is 421 g/mol. The van der Waals surface area contributed by atoms with Crippen molar-refractivity contribution in [1.82, 2.24) is 4.90 Å². The summed E-state index contributed by atoms with van der Waals surface area (Å²) in [6.45, 7) is 5.92. The Morgan fingerprint density at radius 3 is 2.61 bits per heavy atom. The highest BCUT2D eigenvalue weighted by atomic mass is 16.5. The number of rotatable bonds is 4. The first kappa shape index (κ1) is 21.2. The number of ether oxygens (including phenoxy) is 2. The number of hydrogen-bond donors (Lipinski definition) is 1. The maximum absolute atomic E-state index is 13.2. The Hall–Kier alpha value is -3.08. The molecular formula is C24H27N3O4. The van der Waals surface area contributed by atoms with Crippen LogP contribution in [0, 0.1) is 11.3 Å². The van der Waals surface area contributed by atoms with Crippen molar-refractivity contribution in [2.24, 2.45) is 0 Å². The van der Waals surface area contributed by atoms with Gasteiger partial charge in [0.05, 0.1) is 37.4 Å². The Morgan fingerprint density at radius 1 is 1.23 bits per heavy atom. The first-order valence-electron chi connectivity index (χ1n) is 10.5. The molecule has 31 heavy (non-hydrogen) atoms. The van der Waals surface area contributed by atoms with E-state index in [0.717, 1.165) is 5.69 Å². The fourth-order valence-electron chi connectivity index (χ4n) is 4.20. The van der Waals surface area contributed by atoms with Crippen LogP contribution in [-0.2, 0) is 9.53 Å². The predicted molar refractivity (Wildman–Crippen MR) is 116 cm³/mol. The molecule has 0 unspecified atom stereocenters. The van der Waals surface area contributed by atoms with Crippen LogP contribution in [0.1, 0.15) is 31.0 Å². The van der Waals surface area contributed by atoms with Gasteiger partial charge in [0.25, 0.3) is 0 Å². The standard InChI is InChI=1S/C24H27N3O4/c1-24(2)23(29)22(19-14-17(15-25)8-9-20(19)31-24)27(18-6-4-3-5-7-18)16-21(28)26-10-12-30-13-11-26/h3-9,14,22-23,29H,10-13,16H2,1-2H3/t22-,23+/m0/s1. The lowest BCUT2D eigenvalue weighted by molar-refractivity contribution is -0.134. The van der Waals surface area contributed by atoms with Crippen LogP contribution in [0.25, 0.3) is 0 Å². The molecule has 4 rings (SSSR count). The second-order valence-electron chi connectivity index (χ2n) is 8.42. The molecule has 2 heterocycles. The third-order valence-electron chi connectivity index (χ3n) is 5.93. The van der Waals surface area contributed by atoms with E-state index in [2.05, 4.69) is 6.07 Å². The molecule has 0 radical (unpaired) electrons.